The molecule has 2 aliphatic heterocycles. The molecule has 2 aliphatic rings. The van der Waals surface area contributed by atoms with Gasteiger partial charge >= 0.3 is 36.4 Å². The average Bonchev–Trinajstić information content (AvgIpc) is 3.37. The molecule has 22 heteroatoms. The van der Waals surface area contributed by atoms with Gasteiger partial charge in [0.15, 0.2) is 0 Å². The van der Waals surface area contributed by atoms with Crippen molar-refractivity contribution in [2.45, 2.75) is 37.2 Å². The summed E-state index contributed by atoms with van der Waals surface area (Å²) >= 11 is 1.72. The molecule has 4 heterocycles. The molecule has 0 aromatic carbocycles. The molecule has 260 valence electrons. The van der Waals surface area contributed by atoms with E-state index >= 15 is 0 Å². The lowest BCUT2D eigenvalue weighted by Crippen LogP contribution is -2.58. The monoisotopic (exact) mass is 702 g/mol. The Morgan fingerprint density at radius 1 is 0.783 bits per heavy atom. The predicted molar refractivity (Wildman–Crippen MR) is 137 cm³/mol. The van der Waals surface area contributed by atoms with Crippen molar-refractivity contribution in [1.82, 2.24) is 19.8 Å². The van der Waals surface area contributed by atoms with E-state index in [1.807, 2.05) is 24.0 Å². The van der Waals surface area contributed by atoms with Crippen molar-refractivity contribution in [2.75, 3.05) is 46.0 Å². The Bertz CT molecular complexity index is 1160. The molecule has 3 N–H and O–H groups in total. The third-order valence-electron chi connectivity index (χ3n) is 5.48. The van der Waals surface area contributed by atoms with Crippen molar-refractivity contribution in [1.29, 1.82) is 0 Å². The number of nitrogens with zero attached hydrogens (tertiary/aromatic N) is 4. The van der Waals surface area contributed by atoms with Crippen LogP contribution >= 0.6 is 11.3 Å². The maximum absolute atomic E-state index is 10.6. The lowest BCUT2D eigenvalue weighted by Gasteiger charge is -2.43. The Labute approximate surface area is 258 Å². The van der Waals surface area contributed by atoms with E-state index in [1.54, 1.807) is 11.3 Å². The summed E-state index contributed by atoms with van der Waals surface area (Å²) in [5.74, 6) is -8.27. The van der Waals surface area contributed by atoms with E-state index in [9.17, 15) is 39.5 Å². The van der Waals surface area contributed by atoms with Gasteiger partial charge in [0.1, 0.15) is 10.6 Å². The van der Waals surface area contributed by atoms with Crippen LogP contribution in [-0.2, 0) is 36.9 Å². The first-order chi connectivity index (χ1) is 21.1. The van der Waals surface area contributed by atoms with Crippen LogP contribution in [0.15, 0.2) is 36.1 Å². The summed E-state index contributed by atoms with van der Waals surface area (Å²) in [5, 5.41) is 24.6. The molecule has 2 fully saturated rings. The number of aromatic nitrogens is 2. The van der Waals surface area contributed by atoms with Gasteiger partial charge in [0.25, 0.3) is 0 Å². The number of rotatable bonds is 4. The summed E-state index contributed by atoms with van der Waals surface area (Å²) < 4.78 is 107. The molecule has 0 saturated carbocycles. The minimum atomic E-state index is -5.08. The van der Waals surface area contributed by atoms with Crippen molar-refractivity contribution < 1.29 is 78.7 Å². The fourth-order valence-electron chi connectivity index (χ4n) is 3.63. The van der Waals surface area contributed by atoms with Gasteiger partial charge in [0.05, 0.1) is 26.4 Å². The van der Waals surface area contributed by atoms with E-state index in [-0.39, 0.29) is 5.60 Å². The van der Waals surface area contributed by atoms with Crippen LogP contribution in [0.25, 0.3) is 0 Å². The molecule has 2 aromatic heterocycles. The number of halogens is 9. The highest BCUT2D eigenvalue weighted by Crippen LogP contribution is 2.25. The quantitative estimate of drug-likeness (QED) is 0.398. The number of alkyl halides is 9. The molecule has 46 heavy (non-hydrogen) atoms. The standard InChI is InChI=1S/C18H24N4O2S.3C2HF3O2/c1-3-19-4-2-16(1)11-21-6-8-23-15-18(13-21)14-22(7-9-24-18)12-17-20-5-10-25-17;3*3-2(4,5)1(6)7/h1-5,10H,6-9,11-15H2;3*(H,6,7). The molecule has 1 atom stereocenters. The van der Waals surface area contributed by atoms with Gasteiger partial charge in [-0.05, 0) is 17.7 Å². The molecule has 1 spiro atoms. The zero-order valence-corrected chi connectivity index (χ0v) is 24.1. The Morgan fingerprint density at radius 3 is 1.67 bits per heavy atom. The van der Waals surface area contributed by atoms with Gasteiger partial charge in [-0.3, -0.25) is 14.8 Å². The predicted octanol–water partition coefficient (Wildman–Crippen LogP) is 3.54. The van der Waals surface area contributed by atoms with Gasteiger partial charge in [-0.25, -0.2) is 19.4 Å². The van der Waals surface area contributed by atoms with Gasteiger partial charge in [-0.15, -0.1) is 11.3 Å². The van der Waals surface area contributed by atoms with Crippen LogP contribution in [-0.4, -0.2) is 123 Å². The van der Waals surface area contributed by atoms with Gasteiger partial charge in [0.2, 0.25) is 0 Å². The van der Waals surface area contributed by atoms with Crippen LogP contribution in [0.5, 0.6) is 0 Å². The topological polar surface area (TPSA) is 163 Å². The first-order valence-electron chi connectivity index (χ1n) is 12.5. The molecule has 12 nitrogen and oxygen atoms in total. The number of morpholine rings is 1. The lowest BCUT2D eigenvalue weighted by molar-refractivity contribution is -0.193. The number of pyridine rings is 1. The Morgan fingerprint density at radius 2 is 1.24 bits per heavy atom. The SMILES string of the molecule is O=C(O)C(F)(F)F.O=C(O)C(F)(F)F.O=C(O)C(F)(F)F.c1cc(CN2CCOCC3(C2)CN(Cc2nccs2)CCO3)ccn1. The van der Waals surface area contributed by atoms with E-state index < -0.39 is 36.4 Å². The number of carboxylic acids is 3. The minimum Gasteiger partial charge on any atom is -0.475 e. The van der Waals surface area contributed by atoms with Crippen molar-refractivity contribution in [2.24, 2.45) is 0 Å². The van der Waals surface area contributed by atoms with Crippen LogP contribution < -0.4 is 0 Å². The fraction of sp³-hybridized carbons (Fsp3) is 0.542. The third kappa shape index (κ3) is 16.1. The van der Waals surface area contributed by atoms with E-state index in [4.69, 9.17) is 39.2 Å². The van der Waals surface area contributed by atoms with Crippen molar-refractivity contribution in [3.63, 3.8) is 0 Å². The van der Waals surface area contributed by atoms with Gasteiger partial charge in [-0.1, -0.05) is 0 Å². The largest absolute Gasteiger partial charge is 0.490 e. The maximum atomic E-state index is 10.6. The van der Waals surface area contributed by atoms with Crippen molar-refractivity contribution in [3.8, 4) is 0 Å². The zero-order chi connectivity index (χ0) is 35.2. The zero-order valence-electron chi connectivity index (χ0n) is 23.3. The molecule has 2 aromatic rings. The van der Waals surface area contributed by atoms with Crippen molar-refractivity contribution in [3.05, 3.63) is 46.7 Å². The number of hydrogen-bond acceptors (Lipinski definition) is 10. The Kier molecular flexibility index (Phi) is 15.8. The van der Waals surface area contributed by atoms with E-state index in [0.29, 0.717) is 6.61 Å². The van der Waals surface area contributed by atoms with Gasteiger partial charge < -0.3 is 24.8 Å². The van der Waals surface area contributed by atoms with Gasteiger partial charge in [-0.2, -0.15) is 39.5 Å². The molecule has 0 amide bonds. The summed E-state index contributed by atoms with van der Waals surface area (Å²) in [7, 11) is 0. The Hall–Kier alpha value is -3.60. The number of carbonyl (C=O) groups is 3. The highest BCUT2D eigenvalue weighted by atomic mass is 32.1. The summed E-state index contributed by atoms with van der Waals surface area (Å²) in [6.07, 6.45) is -9.67. The molecule has 0 aliphatic carbocycles. The van der Waals surface area contributed by atoms with E-state index in [1.165, 1.54) is 10.6 Å². The summed E-state index contributed by atoms with van der Waals surface area (Å²) in [4.78, 5) is 40.1. The third-order valence-corrected chi connectivity index (χ3v) is 6.25. The summed E-state index contributed by atoms with van der Waals surface area (Å²) in [6.45, 7) is 7.63. The molecular formula is C24H27F9N4O8S. The van der Waals surface area contributed by atoms with E-state index in [2.05, 4.69) is 31.9 Å². The molecule has 4 rings (SSSR count). The molecule has 2 saturated heterocycles. The highest BCUT2D eigenvalue weighted by Gasteiger charge is 2.41. The number of aliphatic carboxylic acids is 3. The van der Waals surface area contributed by atoms with Crippen LogP contribution in [0.3, 0.4) is 0 Å². The molecule has 0 bridgehead atoms. The number of carboxylic acid groups (broad SMARTS) is 3. The number of thiazole rings is 1. The minimum absolute atomic E-state index is 0.251. The normalized spacial score (nSPS) is 19.2. The number of hydrogen-bond donors (Lipinski definition) is 3. The second-order valence-corrected chi connectivity index (χ2v) is 10.2. The number of ether oxygens (including phenoxy) is 2. The smallest absolute Gasteiger partial charge is 0.475 e. The second-order valence-electron chi connectivity index (χ2n) is 9.20. The molecule has 1 unspecified atom stereocenters. The van der Waals surface area contributed by atoms with Crippen LogP contribution in [0.1, 0.15) is 10.6 Å². The summed E-state index contributed by atoms with van der Waals surface area (Å²) in [6, 6.07) is 4.16. The molecule has 0 radical (unpaired) electrons. The van der Waals surface area contributed by atoms with Crippen LogP contribution in [0.2, 0.25) is 0 Å². The van der Waals surface area contributed by atoms with Gasteiger partial charge in [0, 0.05) is 56.7 Å². The first kappa shape index (κ1) is 40.4. The van der Waals surface area contributed by atoms with Crippen LogP contribution in [0.4, 0.5) is 39.5 Å². The Balaban J connectivity index is 0.000000413. The molecular weight excluding hydrogens is 675 g/mol. The highest BCUT2D eigenvalue weighted by molar-refractivity contribution is 7.09. The average molecular weight is 703 g/mol. The van der Waals surface area contributed by atoms with E-state index in [0.717, 1.165) is 52.5 Å². The van der Waals surface area contributed by atoms with Crippen LogP contribution in [0, 0.1) is 0 Å². The fourth-order valence-corrected chi connectivity index (χ4v) is 4.29. The maximum Gasteiger partial charge on any atom is 0.490 e. The second kappa shape index (κ2) is 17.9. The lowest BCUT2D eigenvalue weighted by atomic mass is 10.0. The first-order valence-corrected chi connectivity index (χ1v) is 13.4. The summed E-state index contributed by atoms with van der Waals surface area (Å²) in [5.41, 5.74) is 1.03. The van der Waals surface area contributed by atoms with Crippen molar-refractivity contribution >= 4 is 29.2 Å².